The summed E-state index contributed by atoms with van der Waals surface area (Å²) in [5, 5.41) is 29.4. The molecule has 1 fully saturated rings. The highest BCUT2D eigenvalue weighted by Crippen LogP contribution is 2.29. The molecule has 3 N–H and O–H groups in total. The van der Waals surface area contributed by atoms with Crippen molar-refractivity contribution in [3.05, 3.63) is 41.4 Å². The van der Waals surface area contributed by atoms with Crippen LogP contribution in [-0.4, -0.2) is 58.6 Å². The number of Topliss-reactive ketones (excluding diaryl/α,β-unsaturated/α-hetero) is 1. The lowest BCUT2D eigenvalue weighted by Gasteiger charge is -2.22. The second-order valence-corrected chi connectivity index (χ2v) is 7.49. The van der Waals surface area contributed by atoms with Crippen molar-refractivity contribution >= 4 is 23.4 Å². The highest BCUT2D eigenvalue weighted by atomic mass is 35.5. The summed E-state index contributed by atoms with van der Waals surface area (Å²) in [5.74, 6) is -0.829. The molecule has 29 heavy (non-hydrogen) atoms. The van der Waals surface area contributed by atoms with Crippen molar-refractivity contribution in [3.63, 3.8) is 0 Å². The van der Waals surface area contributed by atoms with E-state index in [9.17, 15) is 19.8 Å². The van der Waals surface area contributed by atoms with Gasteiger partial charge >= 0.3 is 5.97 Å². The molecule has 0 aromatic heterocycles. The van der Waals surface area contributed by atoms with Crippen LogP contribution in [-0.2, 0) is 14.3 Å². The zero-order chi connectivity index (χ0) is 21.2. The number of rotatable bonds is 12. The van der Waals surface area contributed by atoms with Crippen LogP contribution in [0.25, 0.3) is 0 Å². The highest BCUT2D eigenvalue weighted by Gasteiger charge is 2.41. The number of carboxylic acids is 1. The number of aliphatic hydroxyl groups excluding tert-OH is 2. The van der Waals surface area contributed by atoms with Gasteiger partial charge in [0.2, 0.25) is 0 Å². The summed E-state index contributed by atoms with van der Waals surface area (Å²) in [6.45, 7) is -0.0615. The number of aliphatic hydroxyl groups is 2. The van der Waals surface area contributed by atoms with E-state index in [0.29, 0.717) is 30.0 Å². The maximum Gasteiger partial charge on any atom is 0.303 e. The Hall–Kier alpha value is -1.93. The van der Waals surface area contributed by atoms with E-state index in [0.717, 1.165) is 0 Å². The molecule has 4 unspecified atom stereocenters. The van der Waals surface area contributed by atoms with Gasteiger partial charge in [-0.25, -0.2) is 0 Å². The van der Waals surface area contributed by atoms with Gasteiger partial charge in [-0.3, -0.25) is 9.59 Å². The summed E-state index contributed by atoms with van der Waals surface area (Å²) in [6.07, 6.45) is 2.84. The maximum absolute atomic E-state index is 12.1. The van der Waals surface area contributed by atoms with E-state index in [2.05, 4.69) is 0 Å². The van der Waals surface area contributed by atoms with Gasteiger partial charge in [0.1, 0.15) is 24.2 Å². The topological polar surface area (TPSA) is 113 Å². The highest BCUT2D eigenvalue weighted by molar-refractivity contribution is 6.30. The molecular formula is C21H27ClO7. The van der Waals surface area contributed by atoms with E-state index in [1.165, 1.54) is 0 Å². The molecule has 0 radical (unpaired) electrons. The molecule has 0 aliphatic heterocycles. The second kappa shape index (κ2) is 11.9. The third-order valence-corrected chi connectivity index (χ3v) is 4.91. The average molecular weight is 427 g/mol. The van der Waals surface area contributed by atoms with E-state index < -0.39 is 30.2 Å². The fraction of sp³-hybridized carbons (Fsp3) is 0.524. The zero-order valence-corrected chi connectivity index (χ0v) is 16.8. The molecular weight excluding hydrogens is 400 g/mol. The molecule has 160 valence electrons. The van der Waals surface area contributed by atoms with Crippen molar-refractivity contribution in [1.29, 1.82) is 0 Å². The van der Waals surface area contributed by atoms with E-state index in [1.807, 2.05) is 12.2 Å². The number of aliphatic carboxylic acids is 1. The van der Waals surface area contributed by atoms with Crippen molar-refractivity contribution in [3.8, 4) is 5.75 Å². The standard InChI is InChI=1S/C21H27ClO7/c22-14-7-9-16(10-8-14)28-12-15(23)13-29-21-17(18(24)11-19(21)25)5-3-1-2-4-6-20(26)27/h1,3,7-10,15,17,19,21,23,25H,2,4-6,11-13H2,(H,26,27). The first kappa shape index (κ1) is 23.3. The Balaban J connectivity index is 1.75. The van der Waals surface area contributed by atoms with Crippen molar-refractivity contribution in [1.82, 2.24) is 0 Å². The predicted octanol–water partition coefficient (Wildman–Crippen LogP) is 2.62. The van der Waals surface area contributed by atoms with Crippen LogP contribution in [0.4, 0.5) is 0 Å². The molecule has 0 spiro atoms. The molecule has 1 aromatic rings. The number of hydrogen-bond acceptors (Lipinski definition) is 6. The summed E-state index contributed by atoms with van der Waals surface area (Å²) >= 11 is 5.80. The van der Waals surface area contributed by atoms with Gasteiger partial charge in [-0.2, -0.15) is 0 Å². The van der Waals surface area contributed by atoms with Crippen molar-refractivity contribution in [2.75, 3.05) is 13.2 Å². The SMILES string of the molecule is O=C(O)CCCC=CCC1C(=O)CC(O)C1OCC(O)COc1ccc(Cl)cc1. The number of hydrogen-bond donors (Lipinski definition) is 3. The smallest absolute Gasteiger partial charge is 0.303 e. The monoisotopic (exact) mass is 426 g/mol. The quantitative estimate of drug-likeness (QED) is 0.347. The van der Waals surface area contributed by atoms with E-state index >= 15 is 0 Å². The lowest BCUT2D eigenvalue weighted by molar-refractivity contribution is -0.137. The molecule has 4 atom stereocenters. The van der Waals surface area contributed by atoms with Crippen LogP contribution < -0.4 is 4.74 Å². The minimum Gasteiger partial charge on any atom is -0.491 e. The molecule has 2 rings (SSSR count). The van der Waals surface area contributed by atoms with Gasteiger partial charge in [-0.05, 0) is 43.5 Å². The van der Waals surface area contributed by atoms with Gasteiger partial charge in [-0.15, -0.1) is 0 Å². The number of benzene rings is 1. The van der Waals surface area contributed by atoms with E-state index in [4.69, 9.17) is 26.2 Å². The number of halogens is 1. The van der Waals surface area contributed by atoms with Crippen LogP contribution >= 0.6 is 11.6 Å². The van der Waals surface area contributed by atoms with Crippen molar-refractivity contribution < 1.29 is 34.4 Å². The number of carbonyl (C=O) groups excluding carboxylic acids is 1. The Kier molecular flexibility index (Phi) is 9.60. The minimum atomic E-state index is -0.916. The second-order valence-electron chi connectivity index (χ2n) is 7.05. The summed E-state index contributed by atoms with van der Waals surface area (Å²) in [4.78, 5) is 22.6. The third kappa shape index (κ3) is 8.14. The van der Waals surface area contributed by atoms with Crippen LogP contribution in [0.15, 0.2) is 36.4 Å². The summed E-state index contributed by atoms with van der Waals surface area (Å²) < 4.78 is 11.1. The minimum absolute atomic E-state index is 0.00649. The van der Waals surface area contributed by atoms with Crippen molar-refractivity contribution in [2.24, 2.45) is 5.92 Å². The van der Waals surface area contributed by atoms with Gasteiger partial charge in [-0.1, -0.05) is 23.8 Å². The fourth-order valence-electron chi connectivity index (χ4n) is 3.14. The third-order valence-electron chi connectivity index (χ3n) is 4.65. The Morgan fingerprint density at radius 2 is 1.97 bits per heavy atom. The van der Waals surface area contributed by atoms with Gasteiger partial charge in [0, 0.05) is 23.8 Å². The fourth-order valence-corrected chi connectivity index (χ4v) is 3.27. The number of ether oxygens (including phenoxy) is 2. The molecule has 1 aliphatic carbocycles. The molecule has 0 heterocycles. The first-order valence-corrected chi connectivity index (χ1v) is 10.00. The largest absolute Gasteiger partial charge is 0.491 e. The first-order valence-electron chi connectivity index (χ1n) is 9.62. The van der Waals surface area contributed by atoms with Crippen molar-refractivity contribution in [2.45, 2.75) is 50.4 Å². The number of ketones is 1. The molecule has 0 amide bonds. The number of carboxylic acid groups (broad SMARTS) is 1. The molecule has 1 aliphatic rings. The predicted molar refractivity (Wildman–Crippen MR) is 107 cm³/mol. The number of unbranched alkanes of at least 4 members (excludes halogenated alkanes) is 1. The molecule has 0 bridgehead atoms. The normalized spacial score (nSPS) is 22.9. The Bertz CT molecular complexity index is 689. The van der Waals surface area contributed by atoms with Crippen LogP contribution in [0, 0.1) is 5.92 Å². The van der Waals surface area contributed by atoms with E-state index in [1.54, 1.807) is 24.3 Å². The Morgan fingerprint density at radius 3 is 2.66 bits per heavy atom. The van der Waals surface area contributed by atoms with Crippen LogP contribution in [0.1, 0.15) is 32.1 Å². The number of carbonyl (C=O) groups is 2. The van der Waals surface area contributed by atoms with Gasteiger partial charge in [0.15, 0.2) is 0 Å². The Labute approximate surface area is 174 Å². The Morgan fingerprint density at radius 1 is 1.24 bits per heavy atom. The average Bonchev–Trinajstić information content (AvgIpc) is 2.94. The van der Waals surface area contributed by atoms with Crippen LogP contribution in [0.3, 0.4) is 0 Å². The molecule has 8 heteroatoms. The lowest BCUT2D eigenvalue weighted by Crippen LogP contribution is -2.34. The molecule has 7 nitrogen and oxygen atoms in total. The van der Waals surface area contributed by atoms with Crippen LogP contribution in [0.5, 0.6) is 5.75 Å². The molecule has 0 saturated heterocycles. The summed E-state index contributed by atoms with van der Waals surface area (Å²) in [6, 6.07) is 6.74. The van der Waals surface area contributed by atoms with Gasteiger partial charge in [0.25, 0.3) is 0 Å². The first-order chi connectivity index (χ1) is 13.9. The van der Waals surface area contributed by atoms with Gasteiger partial charge in [0.05, 0.1) is 18.8 Å². The van der Waals surface area contributed by atoms with E-state index in [-0.39, 0.29) is 31.8 Å². The van der Waals surface area contributed by atoms with Crippen LogP contribution in [0.2, 0.25) is 5.02 Å². The summed E-state index contributed by atoms with van der Waals surface area (Å²) in [5.41, 5.74) is 0. The van der Waals surface area contributed by atoms with Gasteiger partial charge < -0.3 is 24.8 Å². The maximum atomic E-state index is 12.1. The molecule has 1 saturated carbocycles. The summed E-state index contributed by atoms with van der Waals surface area (Å²) in [7, 11) is 0. The number of allylic oxidation sites excluding steroid dienone is 2. The lowest BCUT2D eigenvalue weighted by atomic mass is 9.99. The zero-order valence-electron chi connectivity index (χ0n) is 16.1. The molecule has 1 aromatic carbocycles.